The zero-order chi connectivity index (χ0) is 28.6. The number of fused-ring (bicyclic) bond motifs is 1. The third-order valence-electron chi connectivity index (χ3n) is 7.50. The Labute approximate surface area is 246 Å². The van der Waals surface area contributed by atoms with Crippen molar-refractivity contribution in [3.63, 3.8) is 0 Å². The first-order valence-electron chi connectivity index (χ1n) is 14.3. The highest BCUT2D eigenvalue weighted by molar-refractivity contribution is 5.26. The minimum absolute atomic E-state index is 0.330. The monoisotopic (exact) mass is 568 g/mol. The van der Waals surface area contributed by atoms with E-state index in [1.807, 2.05) is 115 Å². The molecule has 7 nitrogen and oxygen atoms in total. The Kier molecular flexibility index (Phi) is 9.57. The lowest BCUT2D eigenvalue weighted by molar-refractivity contribution is -0.374. The predicted octanol–water partition coefficient (Wildman–Crippen LogP) is 6.22. The second-order valence-electron chi connectivity index (χ2n) is 10.4. The molecule has 6 rings (SSSR count). The second-order valence-corrected chi connectivity index (χ2v) is 10.4. The quantitative estimate of drug-likeness (QED) is 0.213. The third kappa shape index (κ3) is 7.07. The maximum atomic E-state index is 6.65. The number of hydrogen-bond acceptors (Lipinski definition) is 7. The Morgan fingerprint density at radius 2 is 1.14 bits per heavy atom. The van der Waals surface area contributed by atoms with Gasteiger partial charge in [0.2, 0.25) is 0 Å². The fourth-order valence-electron chi connectivity index (χ4n) is 5.26. The van der Waals surface area contributed by atoms with Crippen LogP contribution < -0.4 is 4.74 Å². The first kappa shape index (κ1) is 28.6. The average molecular weight is 569 g/mol. The highest BCUT2D eigenvalue weighted by Gasteiger charge is 2.52. The van der Waals surface area contributed by atoms with E-state index in [1.165, 1.54) is 0 Å². The van der Waals surface area contributed by atoms with Gasteiger partial charge in [-0.3, -0.25) is 0 Å². The number of rotatable bonds is 11. The molecule has 0 N–H and O–H groups in total. The summed E-state index contributed by atoms with van der Waals surface area (Å²) < 4.78 is 44.2. The van der Waals surface area contributed by atoms with Crippen LogP contribution in [0.3, 0.4) is 0 Å². The zero-order valence-corrected chi connectivity index (χ0v) is 23.6. The van der Waals surface area contributed by atoms with E-state index in [0.29, 0.717) is 26.4 Å². The van der Waals surface area contributed by atoms with Gasteiger partial charge in [-0.15, -0.1) is 0 Å². The first-order chi connectivity index (χ1) is 20.8. The molecule has 2 heterocycles. The van der Waals surface area contributed by atoms with Gasteiger partial charge in [0.25, 0.3) is 0 Å². The van der Waals surface area contributed by atoms with Gasteiger partial charge in [0.15, 0.2) is 12.6 Å². The molecule has 6 atom stereocenters. The van der Waals surface area contributed by atoms with Crippen molar-refractivity contribution in [2.45, 2.75) is 56.8 Å². The van der Waals surface area contributed by atoms with Crippen molar-refractivity contribution >= 4 is 0 Å². The molecular formula is C35H36O7. The summed E-state index contributed by atoms with van der Waals surface area (Å²) in [5.41, 5.74) is 4.04. The van der Waals surface area contributed by atoms with Gasteiger partial charge in [-0.2, -0.15) is 0 Å². The van der Waals surface area contributed by atoms with Gasteiger partial charge in [0, 0.05) is 5.56 Å². The molecule has 7 heteroatoms. The fourth-order valence-corrected chi connectivity index (χ4v) is 5.26. The molecule has 4 aromatic carbocycles. The maximum Gasteiger partial charge on any atom is 0.187 e. The summed E-state index contributed by atoms with van der Waals surface area (Å²) in [7, 11) is 1.65. The van der Waals surface area contributed by atoms with E-state index in [-0.39, 0.29) is 0 Å². The van der Waals surface area contributed by atoms with E-state index in [1.54, 1.807) is 7.11 Å². The standard InChI is InChI=1S/C35H36O7/c1-36-29-19-17-27(18-20-29)23-39-35-33(38-22-26-13-7-3-8-14-26)32(37-21-25-11-5-2-6-12-25)31-30(41-35)24-40-34(42-31)28-15-9-4-10-16-28/h2-20,30-35H,21-24H2,1H3/t30-,31-,32+,33-,34-,35-/m1/s1. The smallest absolute Gasteiger partial charge is 0.187 e. The molecule has 0 unspecified atom stereocenters. The molecule has 0 aromatic heterocycles. The first-order valence-corrected chi connectivity index (χ1v) is 14.3. The molecule has 2 saturated heterocycles. The van der Waals surface area contributed by atoms with Crippen molar-refractivity contribution in [1.82, 2.24) is 0 Å². The van der Waals surface area contributed by atoms with Crippen LogP contribution in [0.5, 0.6) is 5.75 Å². The van der Waals surface area contributed by atoms with E-state index < -0.39 is 37.0 Å². The molecule has 42 heavy (non-hydrogen) atoms. The molecule has 0 saturated carbocycles. The van der Waals surface area contributed by atoms with E-state index in [9.17, 15) is 0 Å². The minimum Gasteiger partial charge on any atom is -0.497 e. The van der Waals surface area contributed by atoms with Gasteiger partial charge in [-0.25, -0.2) is 0 Å². The van der Waals surface area contributed by atoms with Crippen LogP contribution in [0.25, 0.3) is 0 Å². The van der Waals surface area contributed by atoms with Crippen LogP contribution in [-0.2, 0) is 48.2 Å². The molecular weight excluding hydrogens is 532 g/mol. The van der Waals surface area contributed by atoms with Gasteiger partial charge in [-0.05, 0) is 28.8 Å². The molecule has 0 bridgehead atoms. The lowest BCUT2D eigenvalue weighted by Gasteiger charge is -2.49. The molecule has 2 aliphatic heterocycles. The van der Waals surface area contributed by atoms with Gasteiger partial charge < -0.3 is 33.2 Å². The van der Waals surface area contributed by atoms with Gasteiger partial charge >= 0.3 is 0 Å². The van der Waals surface area contributed by atoms with Crippen LogP contribution in [-0.4, -0.2) is 44.4 Å². The van der Waals surface area contributed by atoms with Crippen molar-refractivity contribution in [3.05, 3.63) is 138 Å². The van der Waals surface area contributed by atoms with Crippen molar-refractivity contribution in [2.24, 2.45) is 0 Å². The lowest BCUT2D eigenvalue weighted by atomic mass is 9.97. The minimum atomic E-state index is -0.710. The number of benzene rings is 4. The molecule has 4 aromatic rings. The third-order valence-corrected chi connectivity index (χ3v) is 7.50. The average Bonchev–Trinajstić information content (AvgIpc) is 3.06. The van der Waals surface area contributed by atoms with E-state index in [4.69, 9.17) is 33.2 Å². The summed E-state index contributed by atoms with van der Waals surface area (Å²) >= 11 is 0. The van der Waals surface area contributed by atoms with Crippen molar-refractivity contribution in [3.8, 4) is 5.75 Å². The topological polar surface area (TPSA) is 64.6 Å². The van der Waals surface area contributed by atoms with Crippen molar-refractivity contribution in [1.29, 1.82) is 0 Å². The molecule has 0 amide bonds. The fraction of sp³-hybridized carbons (Fsp3) is 0.314. The summed E-state index contributed by atoms with van der Waals surface area (Å²) in [6.45, 7) is 1.43. The van der Waals surface area contributed by atoms with Crippen LogP contribution in [0.2, 0.25) is 0 Å². The van der Waals surface area contributed by atoms with E-state index in [2.05, 4.69) is 0 Å². The predicted molar refractivity (Wildman–Crippen MR) is 156 cm³/mol. The highest BCUT2D eigenvalue weighted by atomic mass is 16.8. The SMILES string of the molecule is COc1ccc(CO[C@@H]2O[C@@H]3CO[C@@H](c4ccccc4)O[C@H]3[C@H](OCc3ccccc3)[C@H]2OCc2ccccc2)cc1. The Morgan fingerprint density at radius 3 is 1.76 bits per heavy atom. The Bertz CT molecular complexity index is 1350. The highest BCUT2D eigenvalue weighted by Crippen LogP contribution is 2.37. The lowest BCUT2D eigenvalue weighted by Crippen LogP contribution is -2.63. The zero-order valence-electron chi connectivity index (χ0n) is 23.6. The maximum absolute atomic E-state index is 6.65. The van der Waals surface area contributed by atoms with Crippen LogP contribution in [0, 0.1) is 0 Å². The molecule has 0 spiro atoms. The molecule has 0 aliphatic carbocycles. The van der Waals surface area contributed by atoms with Crippen LogP contribution in [0.4, 0.5) is 0 Å². The van der Waals surface area contributed by atoms with Crippen LogP contribution in [0.15, 0.2) is 115 Å². The number of methoxy groups -OCH3 is 1. The van der Waals surface area contributed by atoms with Gasteiger partial charge in [-0.1, -0.05) is 103 Å². The summed E-state index contributed by atoms with van der Waals surface area (Å²) in [6.07, 6.45) is -3.13. The molecule has 2 fully saturated rings. The van der Waals surface area contributed by atoms with Gasteiger partial charge in [0.1, 0.15) is 30.2 Å². The Hall–Kier alpha value is -3.56. The summed E-state index contributed by atoms with van der Waals surface area (Å²) in [4.78, 5) is 0. The Morgan fingerprint density at radius 1 is 0.595 bits per heavy atom. The molecule has 2 aliphatic rings. The van der Waals surface area contributed by atoms with E-state index in [0.717, 1.165) is 28.0 Å². The normalized spacial score (nSPS) is 25.5. The van der Waals surface area contributed by atoms with E-state index >= 15 is 0 Å². The summed E-state index contributed by atoms with van der Waals surface area (Å²) in [6, 6.07) is 37.9. The number of ether oxygens (including phenoxy) is 7. The Balaban J connectivity index is 1.27. The van der Waals surface area contributed by atoms with Gasteiger partial charge in [0.05, 0.1) is 33.5 Å². The van der Waals surface area contributed by atoms with Crippen LogP contribution in [0.1, 0.15) is 28.5 Å². The van der Waals surface area contributed by atoms with Crippen molar-refractivity contribution in [2.75, 3.05) is 13.7 Å². The molecule has 0 radical (unpaired) electrons. The largest absolute Gasteiger partial charge is 0.497 e. The summed E-state index contributed by atoms with van der Waals surface area (Å²) in [5, 5.41) is 0. The number of hydrogen-bond donors (Lipinski definition) is 0. The van der Waals surface area contributed by atoms with Crippen molar-refractivity contribution < 1.29 is 33.2 Å². The molecule has 218 valence electrons. The summed E-state index contributed by atoms with van der Waals surface area (Å²) in [5.74, 6) is 0.790. The second kappa shape index (κ2) is 14.1. The van der Waals surface area contributed by atoms with Crippen LogP contribution >= 0.6 is 0 Å².